The highest BCUT2D eigenvalue weighted by atomic mass is 32.1. The molecule has 0 aliphatic heterocycles. The molecule has 2 heterocycles. The number of halogens is 1. The molecule has 0 saturated carbocycles. The van der Waals surface area contributed by atoms with Crippen LogP contribution in [0.15, 0.2) is 59.8 Å². The van der Waals surface area contributed by atoms with Crippen LogP contribution in [-0.4, -0.2) is 9.97 Å². The minimum Gasteiger partial charge on any atom is -0.396 e. The van der Waals surface area contributed by atoms with Gasteiger partial charge >= 0.3 is 0 Å². The molecule has 24 heavy (non-hydrogen) atoms. The molecule has 1 aromatic carbocycles. The summed E-state index contributed by atoms with van der Waals surface area (Å²) < 4.78 is 12.5. The molecule has 1 atom stereocenters. The fourth-order valence-corrected chi connectivity index (χ4v) is 2.24. The maximum Gasteiger partial charge on any atom is 0.147 e. The molecular weight excluding hydrogens is 323 g/mol. The van der Waals surface area contributed by atoms with E-state index < -0.39 is 5.82 Å². The third-order valence-corrected chi connectivity index (χ3v) is 3.68. The number of aromatic amines is 1. The monoisotopic (exact) mass is 340 g/mol. The van der Waals surface area contributed by atoms with Crippen LogP contribution in [0.5, 0.6) is 0 Å². The fraction of sp³-hybridized carbons (Fsp3) is 0.111. The Morgan fingerprint density at radius 3 is 2.62 bits per heavy atom. The van der Waals surface area contributed by atoms with E-state index in [1.54, 1.807) is 6.07 Å². The van der Waals surface area contributed by atoms with Gasteiger partial charge in [0.05, 0.1) is 17.3 Å². The number of nitrogen functional groups attached to an aromatic ring is 1. The van der Waals surface area contributed by atoms with Gasteiger partial charge in [-0.3, -0.25) is 4.98 Å². The molecular formula is C18H17FN4S. The van der Waals surface area contributed by atoms with Crippen LogP contribution in [0.25, 0.3) is 0 Å². The van der Waals surface area contributed by atoms with Gasteiger partial charge in [0.25, 0.3) is 0 Å². The van der Waals surface area contributed by atoms with Gasteiger partial charge in [0.15, 0.2) is 0 Å². The summed E-state index contributed by atoms with van der Waals surface area (Å²) in [6, 6.07) is 13.7. The van der Waals surface area contributed by atoms with Crippen LogP contribution in [0, 0.1) is 17.1 Å². The highest BCUT2D eigenvalue weighted by molar-refractivity contribution is 7.80. The summed E-state index contributed by atoms with van der Waals surface area (Å²) in [5, 5.41) is 8.30. The molecule has 0 aliphatic carbocycles. The van der Waals surface area contributed by atoms with Gasteiger partial charge in [0, 0.05) is 34.6 Å². The molecule has 0 aliphatic rings. The van der Waals surface area contributed by atoms with E-state index in [-0.39, 0.29) is 17.2 Å². The summed E-state index contributed by atoms with van der Waals surface area (Å²) in [6.07, 6.45) is 3.70. The number of hydrogen-bond acceptors (Lipinski definition) is 4. The van der Waals surface area contributed by atoms with E-state index in [9.17, 15) is 4.39 Å². The number of nitrogens with one attached hydrogen (secondary N) is 1. The highest BCUT2D eigenvalue weighted by Gasteiger charge is 2.10. The Morgan fingerprint density at radius 1 is 1.29 bits per heavy atom. The summed E-state index contributed by atoms with van der Waals surface area (Å²) in [5.74, 6) is -0.254. The molecule has 3 aromatic rings. The van der Waals surface area contributed by atoms with E-state index in [2.05, 4.69) is 29.5 Å². The van der Waals surface area contributed by atoms with Gasteiger partial charge in [-0.15, -0.1) is 12.6 Å². The molecule has 3 N–H and O–H groups in total. The predicted octanol–water partition coefficient (Wildman–Crippen LogP) is 4.13. The second-order valence-electron chi connectivity index (χ2n) is 5.14. The standard InChI is InChI=1S/C11H12N2S.C7H5FN2/c1-8(10-4-2-3-5-12-10)11-6-9(14)7-13-11;8-6-3-5(4-9)1-2-7(6)10/h2-8,13-14H,1H3;1-3H,10H2. The number of aromatic nitrogens is 2. The molecule has 4 nitrogen and oxygen atoms in total. The van der Waals surface area contributed by atoms with Crippen molar-refractivity contribution in [1.82, 2.24) is 9.97 Å². The number of nitrogens with two attached hydrogens (primary N) is 1. The molecule has 3 rings (SSSR count). The normalized spacial score (nSPS) is 11.1. The SMILES string of the molecule is CC(c1ccccn1)c1cc(S)c[nH]1.N#Cc1ccc(N)c(F)c1. The Morgan fingerprint density at radius 2 is 2.08 bits per heavy atom. The lowest BCUT2D eigenvalue weighted by molar-refractivity contribution is 0.632. The summed E-state index contributed by atoms with van der Waals surface area (Å²) in [5.41, 5.74) is 7.73. The molecule has 0 radical (unpaired) electrons. The molecule has 6 heteroatoms. The minimum absolute atomic E-state index is 0.0685. The number of pyridine rings is 1. The van der Waals surface area contributed by atoms with E-state index in [1.807, 2.05) is 36.7 Å². The Hall–Kier alpha value is -2.78. The zero-order valence-corrected chi connectivity index (χ0v) is 14.0. The zero-order chi connectivity index (χ0) is 17.5. The van der Waals surface area contributed by atoms with Crippen molar-refractivity contribution in [3.63, 3.8) is 0 Å². The summed E-state index contributed by atoms with van der Waals surface area (Å²) >= 11 is 4.26. The Kier molecular flexibility index (Phi) is 5.99. The largest absolute Gasteiger partial charge is 0.396 e. The average Bonchev–Trinajstić information content (AvgIpc) is 3.04. The van der Waals surface area contributed by atoms with Crippen molar-refractivity contribution in [3.8, 4) is 6.07 Å². The van der Waals surface area contributed by atoms with E-state index in [0.717, 1.165) is 22.3 Å². The summed E-state index contributed by atoms with van der Waals surface area (Å²) in [7, 11) is 0. The first-order valence-corrected chi connectivity index (χ1v) is 7.69. The minimum atomic E-state index is -0.543. The lowest BCUT2D eigenvalue weighted by Gasteiger charge is -2.07. The van der Waals surface area contributed by atoms with Crippen molar-refractivity contribution in [3.05, 3.63) is 77.6 Å². The molecule has 0 amide bonds. The van der Waals surface area contributed by atoms with Gasteiger partial charge < -0.3 is 10.7 Å². The van der Waals surface area contributed by atoms with Gasteiger partial charge in [-0.1, -0.05) is 13.0 Å². The van der Waals surface area contributed by atoms with Crippen LogP contribution >= 0.6 is 12.6 Å². The number of H-pyrrole nitrogens is 1. The van der Waals surface area contributed by atoms with Crippen molar-refractivity contribution in [2.45, 2.75) is 17.7 Å². The van der Waals surface area contributed by atoms with E-state index in [4.69, 9.17) is 11.0 Å². The smallest absolute Gasteiger partial charge is 0.147 e. The molecule has 0 spiro atoms. The van der Waals surface area contributed by atoms with Crippen LogP contribution in [0.3, 0.4) is 0 Å². The lowest BCUT2D eigenvalue weighted by atomic mass is 10.0. The van der Waals surface area contributed by atoms with Crippen LogP contribution in [0.2, 0.25) is 0 Å². The van der Waals surface area contributed by atoms with Crippen molar-refractivity contribution in [1.29, 1.82) is 5.26 Å². The van der Waals surface area contributed by atoms with Crippen molar-refractivity contribution < 1.29 is 4.39 Å². The zero-order valence-electron chi connectivity index (χ0n) is 13.1. The number of nitrogens with zero attached hydrogens (tertiary/aromatic N) is 2. The molecule has 1 unspecified atom stereocenters. The third-order valence-electron chi connectivity index (χ3n) is 3.42. The number of rotatable bonds is 2. The number of nitriles is 1. The average molecular weight is 340 g/mol. The summed E-state index contributed by atoms with van der Waals surface area (Å²) in [4.78, 5) is 8.47. The second-order valence-corrected chi connectivity index (χ2v) is 5.65. The van der Waals surface area contributed by atoms with Gasteiger partial charge in [-0.25, -0.2) is 4.39 Å². The van der Waals surface area contributed by atoms with E-state index in [0.29, 0.717) is 0 Å². The fourth-order valence-electron chi connectivity index (χ4n) is 2.04. The molecule has 0 fully saturated rings. The molecule has 2 aromatic heterocycles. The quantitative estimate of drug-likeness (QED) is 0.485. The third kappa shape index (κ3) is 4.61. The van der Waals surface area contributed by atoms with Crippen LogP contribution in [0.1, 0.15) is 29.8 Å². The number of thiol groups is 1. The number of benzene rings is 1. The topological polar surface area (TPSA) is 78.5 Å². The number of anilines is 1. The van der Waals surface area contributed by atoms with Crippen molar-refractivity contribution in [2.75, 3.05) is 5.73 Å². The number of hydrogen-bond donors (Lipinski definition) is 3. The van der Waals surface area contributed by atoms with Crippen molar-refractivity contribution in [2.24, 2.45) is 0 Å². The Bertz CT molecular complexity index is 840. The molecule has 122 valence electrons. The molecule has 0 saturated heterocycles. The van der Waals surface area contributed by atoms with Gasteiger partial charge in [0.2, 0.25) is 0 Å². The van der Waals surface area contributed by atoms with E-state index in [1.165, 1.54) is 12.1 Å². The Balaban J connectivity index is 0.000000185. The van der Waals surface area contributed by atoms with Crippen molar-refractivity contribution >= 4 is 18.3 Å². The second kappa shape index (κ2) is 8.18. The van der Waals surface area contributed by atoms with Crippen LogP contribution in [-0.2, 0) is 0 Å². The maximum atomic E-state index is 12.5. The predicted molar refractivity (Wildman–Crippen MR) is 95.3 cm³/mol. The first-order valence-electron chi connectivity index (χ1n) is 7.24. The van der Waals surface area contributed by atoms with Crippen LogP contribution in [0.4, 0.5) is 10.1 Å². The van der Waals surface area contributed by atoms with Crippen LogP contribution < -0.4 is 5.73 Å². The highest BCUT2D eigenvalue weighted by Crippen LogP contribution is 2.22. The van der Waals surface area contributed by atoms with E-state index >= 15 is 0 Å². The van der Waals surface area contributed by atoms with Gasteiger partial charge in [0.1, 0.15) is 5.82 Å². The molecule has 0 bridgehead atoms. The first-order chi connectivity index (χ1) is 11.5. The van der Waals surface area contributed by atoms with Gasteiger partial charge in [-0.05, 0) is 36.4 Å². The lowest BCUT2D eigenvalue weighted by Crippen LogP contribution is -1.98. The maximum absolute atomic E-state index is 12.5. The summed E-state index contributed by atoms with van der Waals surface area (Å²) in [6.45, 7) is 2.13. The van der Waals surface area contributed by atoms with Gasteiger partial charge in [-0.2, -0.15) is 5.26 Å². The first kappa shape index (κ1) is 17.6. The Labute approximate surface area is 145 Å².